The van der Waals surface area contributed by atoms with Gasteiger partial charge in [0, 0.05) is 6.20 Å². The zero-order chi connectivity index (χ0) is 12.8. The molecule has 1 amide bonds. The number of carbonyl (C=O) groups is 1. The maximum Gasteiger partial charge on any atom is 0.224 e. The van der Waals surface area contributed by atoms with E-state index in [9.17, 15) is 4.79 Å². The quantitative estimate of drug-likeness (QED) is 0.890. The Morgan fingerprint density at radius 1 is 1.17 bits per heavy atom. The number of nitrogens with one attached hydrogen (secondary N) is 1. The Morgan fingerprint density at radius 2 is 1.94 bits per heavy atom. The van der Waals surface area contributed by atoms with E-state index in [1.165, 1.54) is 0 Å². The Balaban J connectivity index is 1.88. The van der Waals surface area contributed by atoms with Gasteiger partial charge in [0.2, 0.25) is 5.91 Å². The van der Waals surface area contributed by atoms with Gasteiger partial charge in [-0.15, -0.1) is 0 Å². The van der Waals surface area contributed by atoms with E-state index in [1.54, 1.807) is 6.20 Å². The lowest BCUT2D eigenvalue weighted by molar-refractivity contribution is -0.120. The molecule has 1 aromatic carbocycles. The molecule has 0 atom stereocenters. The van der Waals surface area contributed by atoms with Crippen LogP contribution in [-0.4, -0.2) is 10.9 Å². The predicted molar refractivity (Wildman–Crippen MR) is 71.0 cm³/mol. The molecule has 0 unspecified atom stereocenters. The number of carbonyl (C=O) groups excluding carboxylic acids is 1. The van der Waals surface area contributed by atoms with Gasteiger partial charge in [-0.3, -0.25) is 9.78 Å². The Hall–Kier alpha value is -2.16. The van der Waals surface area contributed by atoms with Crippen molar-refractivity contribution in [2.24, 2.45) is 0 Å². The van der Waals surface area contributed by atoms with E-state index in [4.69, 9.17) is 0 Å². The lowest BCUT2D eigenvalue weighted by atomic mass is 10.1. The van der Waals surface area contributed by atoms with Crippen LogP contribution in [0.2, 0.25) is 0 Å². The van der Waals surface area contributed by atoms with Crippen LogP contribution in [-0.2, 0) is 17.8 Å². The summed E-state index contributed by atoms with van der Waals surface area (Å²) in [7, 11) is 0. The van der Waals surface area contributed by atoms with Crippen LogP contribution in [0.4, 0.5) is 0 Å². The number of nitrogens with zero attached hydrogens (tertiary/aromatic N) is 1. The molecule has 2 aromatic rings. The second kappa shape index (κ2) is 5.96. The van der Waals surface area contributed by atoms with Crippen LogP contribution in [0.5, 0.6) is 0 Å². The number of pyridine rings is 1. The normalized spacial score (nSPS) is 10.1. The van der Waals surface area contributed by atoms with E-state index in [1.807, 2.05) is 49.4 Å². The van der Waals surface area contributed by atoms with Crippen molar-refractivity contribution >= 4 is 5.91 Å². The summed E-state index contributed by atoms with van der Waals surface area (Å²) in [6.07, 6.45) is 2.14. The molecule has 0 saturated heterocycles. The van der Waals surface area contributed by atoms with Crippen LogP contribution in [0.3, 0.4) is 0 Å². The lowest BCUT2D eigenvalue weighted by Gasteiger charge is -2.06. The van der Waals surface area contributed by atoms with Gasteiger partial charge < -0.3 is 5.32 Å². The molecule has 0 aliphatic heterocycles. The number of benzene rings is 1. The summed E-state index contributed by atoms with van der Waals surface area (Å²) in [5, 5.41) is 2.87. The van der Waals surface area contributed by atoms with Gasteiger partial charge in [-0.1, -0.05) is 30.3 Å². The van der Waals surface area contributed by atoms with Crippen LogP contribution in [0.1, 0.15) is 16.8 Å². The van der Waals surface area contributed by atoms with Crippen molar-refractivity contribution in [3.63, 3.8) is 0 Å². The van der Waals surface area contributed by atoms with Gasteiger partial charge in [0.1, 0.15) is 0 Å². The van der Waals surface area contributed by atoms with Gasteiger partial charge in [-0.05, 0) is 30.2 Å². The fraction of sp³-hybridized carbons (Fsp3) is 0.200. The summed E-state index contributed by atoms with van der Waals surface area (Å²) < 4.78 is 0. The monoisotopic (exact) mass is 240 g/mol. The van der Waals surface area contributed by atoms with E-state index in [-0.39, 0.29) is 5.91 Å². The van der Waals surface area contributed by atoms with E-state index >= 15 is 0 Å². The third-order valence-electron chi connectivity index (χ3n) is 2.81. The van der Waals surface area contributed by atoms with Gasteiger partial charge in [-0.25, -0.2) is 0 Å². The van der Waals surface area contributed by atoms with Crippen molar-refractivity contribution in [3.8, 4) is 0 Å². The number of amides is 1. The first-order valence-corrected chi connectivity index (χ1v) is 5.97. The van der Waals surface area contributed by atoms with E-state index in [0.29, 0.717) is 13.0 Å². The molecule has 92 valence electrons. The SMILES string of the molecule is Cc1ccccc1CC(=O)NCc1ccccn1. The summed E-state index contributed by atoms with van der Waals surface area (Å²) in [6.45, 7) is 2.49. The molecule has 0 bridgehead atoms. The molecule has 0 spiro atoms. The highest BCUT2D eigenvalue weighted by Gasteiger charge is 2.05. The molecular formula is C15H16N2O. The molecule has 0 aliphatic rings. The van der Waals surface area contributed by atoms with Crippen molar-refractivity contribution in [3.05, 3.63) is 65.5 Å². The molecule has 3 heteroatoms. The molecule has 0 fully saturated rings. The van der Waals surface area contributed by atoms with Gasteiger partial charge in [-0.2, -0.15) is 0 Å². The molecule has 1 heterocycles. The molecule has 1 N–H and O–H groups in total. The molecule has 18 heavy (non-hydrogen) atoms. The van der Waals surface area contributed by atoms with Gasteiger partial charge in [0.25, 0.3) is 0 Å². The predicted octanol–water partition coefficient (Wildman–Crippen LogP) is 2.25. The second-order valence-corrected chi connectivity index (χ2v) is 4.20. The largest absolute Gasteiger partial charge is 0.350 e. The fourth-order valence-electron chi connectivity index (χ4n) is 1.74. The number of aromatic nitrogens is 1. The maximum atomic E-state index is 11.8. The van der Waals surface area contributed by atoms with Crippen molar-refractivity contribution in [1.29, 1.82) is 0 Å². The molecule has 1 aromatic heterocycles. The summed E-state index contributed by atoms with van der Waals surface area (Å²) >= 11 is 0. The Morgan fingerprint density at radius 3 is 2.67 bits per heavy atom. The fourth-order valence-corrected chi connectivity index (χ4v) is 1.74. The van der Waals surface area contributed by atoms with Crippen molar-refractivity contribution < 1.29 is 4.79 Å². The smallest absolute Gasteiger partial charge is 0.224 e. The average Bonchev–Trinajstić information content (AvgIpc) is 2.40. The lowest BCUT2D eigenvalue weighted by Crippen LogP contribution is -2.25. The topological polar surface area (TPSA) is 42.0 Å². The highest BCUT2D eigenvalue weighted by atomic mass is 16.1. The molecule has 2 rings (SSSR count). The first-order chi connectivity index (χ1) is 8.75. The third kappa shape index (κ3) is 3.42. The van der Waals surface area contributed by atoms with Crippen LogP contribution in [0, 0.1) is 6.92 Å². The first-order valence-electron chi connectivity index (χ1n) is 5.97. The van der Waals surface area contributed by atoms with Crippen molar-refractivity contribution in [1.82, 2.24) is 10.3 Å². The summed E-state index contributed by atoms with van der Waals surface area (Å²) in [6, 6.07) is 13.6. The first kappa shape index (κ1) is 12.3. The van der Waals surface area contributed by atoms with Gasteiger partial charge >= 0.3 is 0 Å². The standard InChI is InChI=1S/C15H16N2O/c1-12-6-2-3-7-13(12)10-15(18)17-11-14-8-4-5-9-16-14/h2-9H,10-11H2,1H3,(H,17,18). The van der Waals surface area contributed by atoms with E-state index in [2.05, 4.69) is 10.3 Å². The van der Waals surface area contributed by atoms with E-state index in [0.717, 1.165) is 16.8 Å². The van der Waals surface area contributed by atoms with Gasteiger partial charge in [0.05, 0.1) is 18.7 Å². The summed E-state index contributed by atoms with van der Waals surface area (Å²) in [5.74, 6) is 0.0231. The van der Waals surface area contributed by atoms with Crippen LogP contribution >= 0.6 is 0 Å². The molecular weight excluding hydrogens is 224 g/mol. The summed E-state index contributed by atoms with van der Waals surface area (Å²) in [4.78, 5) is 16.0. The zero-order valence-electron chi connectivity index (χ0n) is 10.4. The summed E-state index contributed by atoms with van der Waals surface area (Å²) in [5.41, 5.74) is 3.08. The number of rotatable bonds is 4. The number of hydrogen-bond donors (Lipinski definition) is 1. The van der Waals surface area contributed by atoms with Crippen LogP contribution in [0.25, 0.3) is 0 Å². The van der Waals surface area contributed by atoms with E-state index < -0.39 is 0 Å². The minimum atomic E-state index is 0.0231. The number of aryl methyl sites for hydroxylation is 1. The van der Waals surface area contributed by atoms with Gasteiger partial charge in [0.15, 0.2) is 0 Å². The Kier molecular flexibility index (Phi) is 4.07. The van der Waals surface area contributed by atoms with Crippen molar-refractivity contribution in [2.75, 3.05) is 0 Å². The van der Waals surface area contributed by atoms with Crippen LogP contribution in [0.15, 0.2) is 48.7 Å². The Bertz CT molecular complexity index is 523. The highest BCUT2D eigenvalue weighted by molar-refractivity contribution is 5.78. The minimum absolute atomic E-state index is 0.0231. The van der Waals surface area contributed by atoms with Crippen molar-refractivity contribution in [2.45, 2.75) is 19.9 Å². The Labute approximate surface area is 107 Å². The maximum absolute atomic E-state index is 11.8. The molecule has 3 nitrogen and oxygen atoms in total. The molecule has 0 radical (unpaired) electrons. The molecule has 0 aliphatic carbocycles. The zero-order valence-corrected chi connectivity index (χ0v) is 10.4. The minimum Gasteiger partial charge on any atom is -0.350 e. The average molecular weight is 240 g/mol. The van der Waals surface area contributed by atoms with Crippen LogP contribution < -0.4 is 5.32 Å². The molecule has 0 saturated carbocycles. The third-order valence-corrected chi connectivity index (χ3v) is 2.81. The second-order valence-electron chi connectivity index (χ2n) is 4.20. The number of hydrogen-bond acceptors (Lipinski definition) is 2. The highest BCUT2D eigenvalue weighted by Crippen LogP contribution is 2.07.